The van der Waals surface area contributed by atoms with Crippen molar-refractivity contribution in [1.29, 1.82) is 0 Å². The van der Waals surface area contributed by atoms with Crippen LogP contribution in [-0.2, 0) is 0 Å². The Morgan fingerprint density at radius 3 is 3.00 bits per heavy atom. The van der Waals surface area contributed by atoms with Gasteiger partial charge in [0, 0.05) is 6.04 Å². The van der Waals surface area contributed by atoms with Crippen molar-refractivity contribution >= 4 is 17.2 Å². The van der Waals surface area contributed by atoms with Crippen molar-refractivity contribution in [3.05, 3.63) is 29.2 Å². The third kappa shape index (κ3) is 1.38. The Morgan fingerprint density at radius 2 is 2.31 bits per heavy atom. The first-order chi connectivity index (χ1) is 6.18. The van der Waals surface area contributed by atoms with Crippen LogP contribution in [0.15, 0.2) is 18.2 Å². The molecule has 0 saturated carbocycles. The molecule has 0 aromatic carbocycles. The largest absolute Gasteiger partial charge is 0.323 e. The molecule has 0 aliphatic carbocycles. The van der Waals surface area contributed by atoms with Crippen molar-refractivity contribution < 1.29 is 0 Å². The zero-order valence-electron chi connectivity index (χ0n) is 7.11. The fraction of sp³-hybridized carbons (Fsp3) is 0.250. The third-order valence-corrected chi connectivity index (χ3v) is 1.99. The van der Waals surface area contributed by atoms with Gasteiger partial charge in [-0.05, 0) is 30.7 Å². The van der Waals surface area contributed by atoms with E-state index < -0.39 is 0 Å². The molecule has 4 nitrogen and oxygen atoms in total. The lowest BCUT2D eigenvalue weighted by molar-refractivity contribution is 0.729. The molecule has 0 bridgehead atoms. The molecule has 2 aromatic rings. The first-order valence-corrected chi connectivity index (χ1v) is 4.33. The average Bonchev–Trinajstić information content (AvgIpc) is 2.43. The van der Waals surface area contributed by atoms with Gasteiger partial charge in [-0.15, -0.1) is 5.10 Å². The molecule has 2 aromatic heterocycles. The van der Waals surface area contributed by atoms with Gasteiger partial charge in [-0.1, -0.05) is 6.07 Å². The lowest BCUT2D eigenvalue weighted by Gasteiger charge is -2.06. The first kappa shape index (κ1) is 8.47. The van der Waals surface area contributed by atoms with Crippen molar-refractivity contribution in [2.45, 2.75) is 13.0 Å². The minimum Gasteiger partial charge on any atom is -0.323 e. The highest BCUT2D eigenvalue weighted by Gasteiger charge is 2.07. The van der Waals surface area contributed by atoms with E-state index in [9.17, 15) is 0 Å². The van der Waals surface area contributed by atoms with Gasteiger partial charge in [0.25, 0.3) is 0 Å². The Morgan fingerprint density at radius 1 is 1.54 bits per heavy atom. The summed E-state index contributed by atoms with van der Waals surface area (Å²) in [6.07, 6.45) is 0. The van der Waals surface area contributed by atoms with Gasteiger partial charge in [-0.25, -0.2) is 4.52 Å². The van der Waals surface area contributed by atoms with E-state index in [4.69, 9.17) is 17.3 Å². The van der Waals surface area contributed by atoms with E-state index in [0.717, 1.165) is 11.3 Å². The first-order valence-electron chi connectivity index (χ1n) is 3.95. The number of fused-ring (bicyclic) bond motifs is 1. The Hall–Kier alpha value is -1.13. The van der Waals surface area contributed by atoms with Crippen molar-refractivity contribution in [1.82, 2.24) is 14.6 Å². The lowest BCUT2D eigenvalue weighted by Crippen LogP contribution is -2.10. The van der Waals surface area contributed by atoms with E-state index >= 15 is 0 Å². The minimum absolute atomic E-state index is 0.0820. The topological polar surface area (TPSA) is 56.2 Å². The normalized spacial score (nSPS) is 13.5. The number of hydrogen-bond donors (Lipinski definition) is 1. The summed E-state index contributed by atoms with van der Waals surface area (Å²) in [5.74, 6) is 0. The molecule has 0 saturated heterocycles. The molecular formula is C8H9ClN4. The van der Waals surface area contributed by atoms with Gasteiger partial charge in [0.2, 0.25) is 5.28 Å². The molecule has 2 heterocycles. The van der Waals surface area contributed by atoms with E-state index in [0.29, 0.717) is 0 Å². The Bertz CT molecular complexity index is 435. The zero-order valence-corrected chi connectivity index (χ0v) is 7.86. The quantitative estimate of drug-likeness (QED) is 0.750. The van der Waals surface area contributed by atoms with Gasteiger partial charge in [0.15, 0.2) is 5.65 Å². The molecule has 0 aliphatic rings. The number of nitrogens with zero attached hydrogens (tertiary/aromatic N) is 3. The van der Waals surface area contributed by atoms with Crippen LogP contribution in [0.3, 0.4) is 0 Å². The van der Waals surface area contributed by atoms with E-state index in [1.54, 1.807) is 4.52 Å². The van der Waals surface area contributed by atoms with Crippen LogP contribution in [0.4, 0.5) is 0 Å². The van der Waals surface area contributed by atoms with Gasteiger partial charge in [0.05, 0.1) is 5.69 Å². The summed E-state index contributed by atoms with van der Waals surface area (Å²) in [6.45, 7) is 1.89. The van der Waals surface area contributed by atoms with E-state index in [1.165, 1.54) is 0 Å². The fourth-order valence-electron chi connectivity index (χ4n) is 1.24. The lowest BCUT2D eigenvalue weighted by atomic mass is 10.2. The van der Waals surface area contributed by atoms with E-state index in [2.05, 4.69) is 10.1 Å². The summed E-state index contributed by atoms with van der Waals surface area (Å²) < 4.78 is 1.66. The van der Waals surface area contributed by atoms with Gasteiger partial charge in [-0.2, -0.15) is 4.98 Å². The minimum atomic E-state index is -0.0820. The van der Waals surface area contributed by atoms with Crippen LogP contribution in [-0.4, -0.2) is 14.6 Å². The Labute approximate surface area is 80.3 Å². The molecule has 1 atom stereocenters. The van der Waals surface area contributed by atoms with Gasteiger partial charge in [0.1, 0.15) is 0 Å². The number of rotatable bonds is 1. The van der Waals surface area contributed by atoms with Crippen LogP contribution in [0.1, 0.15) is 18.7 Å². The van der Waals surface area contributed by atoms with Crippen LogP contribution in [0.25, 0.3) is 5.65 Å². The number of aromatic nitrogens is 3. The predicted molar refractivity (Wildman–Crippen MR) is 50.6 cm³/mol. The monoisotopic (exact) mass is 196 g/mol. The maximum absolute atomic E-state index is 5.76. The Kier molecular flexibility index (Phi) is 1.94. The van der Waals surface area contributed by atoms with E-state index in [-0.39, 0.29) is 11.3 Å². The standard InChI is InChI=1S/C8H9ClN4/c1-5(10)6-3-2-4-7-11-8(9)12-13(6)7/h2-5H,10H2,1H3. The second kappa shape index (κ2) is 2.97. The van der Waals surface area contributed by atoms with Crippen LogP contribution in [0, 0.1) is 0 Å². The van der Waals surface area contributed by atoms with E-state index in [1.807, 2.05) is 25.1 Å². The summed E-state index contributed by atoms with van der Waals surface area (Å²) in [6, 6.07) is 5.55. The van der Waals surface area contributed by atoms with Crippen LogP contribution >= 0.6 is 11.6 Å². The van der Waals surface area contributed by atoms with Gasteiger partial charge < -0.3 is 5.73 Å². The predicted octanol–water partition coefficient (Wildman–Crippen LogP) is 1.40. The maximum Gasteiger partial charge on any atom is 0.243 e. The highest BCUT2D eigenvalue weighted by atomic mass is 35.5. The molecule has 0 amide bonds. The maximum atomic E-state index is 5.76. The van der Waals surface area contributed by atoms with Gasteiger partial charge >= 0.3 is 0 Å². The molecular weight excluding hydrogens is 188 g/mol. The average molecular weight is 197 g/mol. The second-order valence-corrected chi connectivity index (χ2v) is 3.23. The summed E-state index contributed by atoms with van der Waals surface area (Å²) in [5.41, 5.74) is 7.38. The SMILES string of the molecule is CC(N)c1cccc2nc(Cl)nn12. The molecule has 13 heavy (non-hydrogen) atoms. The fourth-order valence-corrected chi connectivity index (χ4v) is 1.41. The molecule has 0 fully saturated rings. The number of nitrogens with two attached hydrogens (primary N) is 1. The Balaban J connectivity index is 2.75. The molecule has 5 heteroatoms. The van der Waals surface area contributed by atoms with Crippen molar-refractivity contribution in [3.63, 3.8) is 0 Å². The van der Waals surface area contributed by atoms with Crippen LogP contribution < -0.4 is 5.73 Å². The highest BCUT2D eigenvalue weighted by molar-refractivity contribution is 6.28. The molecule has 0 spiro atoms. The number of pyridine rings is 1. The second-order valence-electron chi connectivity index (χ2n) is 2.89. The molecule has 2 N–H and O–H groups in total. The van der Waals surface area contributed by atoms with Crippen molar-refractivity contribution in [3.8, 4) is 0 Å². The number of hydrogen-bond acceptors (Lipinski definition) is 3. The molecule has 68 valence electrons. The van der Waals surface area contributed by atoms with Crippen LogP contribution in [0.2, 0.25) is 5.28 Å². The van der Waals surface area contributed by atoms with Gasteiger partial charge in [-0.3, -0.25) is 0 Å². The third-order valence-electron chi connectivity index (χ3n) is 1.83. The molecule has 0 aliphatic heterocycles. The summed E-state index contributed by atoms with van der Waals surface area (Å²) in [7, 11) is 0. The van der Waals surface area contributed by atoms with Crippen molar-refractivity contribution in [2.24, 2.45) is 5.73 Å². The van der Waals surface area contributed by atoms with Crippen LogP contribution in [0.5, 0.6) is 0 Å². The zero-order chi connectivity index (χ0) is 9.42. The number of halogens is 1. The summed E-state index contributed by atoms with van der Waals surface area (Å²) >= 11 is 5.68. The van der Waals surface area contributed by atoms with Crippen molar-refractivity contribution in [2.75, 3.05) is 0 Å². The molecule has 2 rings (SSSR count). The smallest absolute Gasteiger partial charge is 0.243 e. The summed E-state index contributed by atoms with van der Waals surface area (Å²) in [5, 5.41) is 4.27. The highest BCUT2D eigenvalue weighted by Crippen LogP contribution is 2.13. The summed E-state index contributed by atoms with van der Waals surface area (Å²) in [4.78, 5) is 4.02. The molecule has 1 unspecified atom stereocenters. The molecule has 0 radical (unpaired) electrons.